The van der Waals surface area contributed by atoms with Crippen LogP contribution in [-0.4, -0.2) is 40.7 Å². The number of hydrogen-bond donors (Lipinski definition) is 2. The van der Waals surface area contributed by atoms with Crippen molar-refractivity contribution in [1.29, 1.82) is 0 Å². The van der Waals surface area contributed by atoms with E-state index in [2.05, 4.69) is 5.32 Å². The Labute approximate surface area is 158 Å². The summed E-state index contributed by atoms with van der Waals surface area (Å²) < 4.78 is 10.2. The predicted molar refractivity (Wildman–Crippen MR) is 98.1 cm³/mol. The van der Waals surface area contributed by atoms with Crippen molar-refractivity contribution in [3.8, 4) is 0 Å². The number of aliphatic hydroxyl groups is 1. The van der Waals surface area contributed by atoms with E-state index in [-0.39, 0.29) is 0 Å². The first-order chi connectivity index (χ1) is 12.6. The Balaban J connectivity index is 2.02. The zero-order valence-electron chi connectivity index (χ0n) is 15.9. The van der Waals surface area contributed by atoms with Crippen LogP contribution >= 0.6 is 0 Å². The molecule has 1 aliphatic rings. The predicted octanol–water partition coefficient (Wildman–Crippen LogP) is 2.84. The lowest BCUT2D eigenvalue weighted by atomic mass is 10.0. The summed E-state index contributed by atoms with van der Waals surface area (Å²) in [7, 11) is 0. The Morgan fingerprint density at radius 1 is 1.26 bits per heavy atom. The fraction of sp³-hybridized carbons (Fsp3) is 0.450. The highest BCUT2D eigenvalue weighted by Crippen LogP contribution is 2.26. The van der Waals surface area contributed by atoms with Crippen molar-refractivity contribution in [1.82, 2.24) is 5.32 Å². The largest absolute Gasteiger partial charge is 0.507 e. The molecule has 7 heteroatoms. The number of hydrogen-bond acceptors (Lipinski definition) is 6. The van der Waals surface area contributed by atoms with Crippen LogP contribution in [0.15, 0.2) is 41.7 Å². The number of benzene rings is 1. The highest BCUT2D eigenvalue weighted by Gasteiger charge is 2.40. The van der Waals surface area contributed by atoms with Gasteiger partial charge in [-0.25, -0.2) is 9.59 Å². The molecule has 1 aromatic rings. The van der Waals surface area contributed by atoms with E-state index in [0.717, 1.165) is 5.56 Å². The van der Waals surface area contributed by atoms with E-state index in [1.54, 1.807) is 20.8 Å². The molecular formula is C20H25NO6. The summed E-state index contributed by atoms with van der Waals surface area (Å²) in [6, 6.07) is 8.49. The maximum absolute atomic E-state index is 12.5. The van der Waals surface area contributed by atoms with E-state index >= 15 is 0 Å². The number of esters is 1. The maximum Gasteiger partial charge on any atom is 0.408 e. The second-order valence-electron chi connectivity index (χ2n) is 7.41. The number of carbonyl (C=O) groups is 3. The third kappa shape index (κ3) is 5.57. The van der Waals surface area contributed by atoms with Gasteiger partial charge in [-0.15, -0.1) is 0 Å². The van der Waals surface area contributed by atoms with Gasteiger partial charge in [0.05, 0.1) is 6.04 Å². The van der Waals surface area contributed by atoms with Gasteiger partial charge < -0.3 is 19.9 Å². The molecule has 1 amide bonds. The number of carbonyl (C=O) groups excluding carboxylic acids is 3. The van der Waals surface area contributed by atoms with Gasteiger partial charge in [-0.05, 0) is 46.1 Å². The molecule has 0 fully saturated rings. The summed E-state index contributed by atoms with van der Waals surface area (Å²) in [6.45, 7) is 6.49. The van der Waals surface area contributed by atoms with Crippen molar-refractivity contribution < 1.29 is 29.0 Å². The van der Waals surface area contributed by atoms with Crippen LogP contribution in [0.5, 0.6) is 0 Å². The lowest BCUT2D eigenvalue weighted by Crippen LogP contribution is -2.42. The Morgan fingerprint density at radius 2 is 1.89 bits per heavy atom. The third-order valence-electron chi connectivity index (χ3n) is 3.93. The number of nitrogens with one attached hydrogen (secondary N) is 1. The van der Waals surface area contributed by atoms with Gasteiger partial charge in [0.15, 0.2) is 17.6 Å². The molecule has 0 saturated carbocycles. The fourth-order valence-electron chi connectivity index (χ4n) is 2.64. The molecule has 0 aromatic heterocycles. The minimum Gasteiger partial charge on any atom is -0.507 e. The molecule has 27 heavy (non-hydrogen) atoms. The van der Waals surface area contributed by atoms with Gasteiger partial charge in [0, 0.05) is 0 Å². The smallest absolute Gasteiger partial charge is 0.408 e. The molecule has 2 N–H and O–H groups in total. The van der Waals surface area contributed by atoms with Crippen molar-refractivity contribution >= 4 is 17.8 Å². The number of ketones is 1. The van der Waals surface area contributed by atoms with E-state index in [1.807, 2.05) is 30.3 Å². The van der Waals surface area contributed by atoms with Gasteiger partial charge >= 0.3 is 12.1 Å². The summed E-state index contributed by atoms with van der Waals surface area (Å²) in [5.74, 6) is -1.99. The number of aliphatic hydroxyl groups excluding tert-OH is 1. The monoisotopic (exact) mass is 375 g/mol. The maximum atomic E-state index is 12.5. The molecule has 1 aromatic carbocycles. The molecule has 0 bridgehead atoms. The number of rotatable bonds is 6. The second kappa shape index (κ2) is 8.24. The summed E-state index contributed by atoms with van der Waals surface area (Å²) >= 11 is 0. The first-order valence-corrected chi connectivity index (χ1v) is 8.80. The van der Waals surface area contributed by atoms with Gasteiger partial charge in [0.1, 0.15) is 11.2 Å². The molecule has 0 spiro atoms. The van der Waals surface area contributed by atoms with Gasteiger partial charge in [0.25, 0.3) is 0 Å². The molecule has 1 aliphatic heterocycles. The molecule has 2 rings (SSSR count). The number of ether oxygens (including phenoxy) is 2. The average Bonchev–Trinajstić information content (AvgIpc) is 2.85. The quantitative estimate of drug-likeness (QED) is 0.586. The van der Waals surface area contributed by atoms with Crippen molar-refractivity contribution in [2.45, 2.75) is 58.3 Å². The van der Waals surface area contributed by atoms with Gasteiger partial charge in [-0.3, -0.25) is 4.79 Å². The molecule has 1 heterocycles. The molecule has 7 nitrogen and oxygen atoms in total. The summed E-state index contributed by atoms with van der Waals surface area (Å²) in [4.78, 5) is 36.4. The first-order valence-electron chi connectivity index (χ1n) is 8.80. The van der Waals surface area contributed by atoms with Crippen molar-refractivity contribution in [3.63, 3.8) is 0 Å². The van der Waals surface area contributed by atoms with Crippen molar-refractivity contribution in [2.24, 2.45) is 0 Å². The number of cyclic esters (lactones) is 1. The first kappa shape index (κ1) is 20.5. The lowest BCUT2D eigenvalue weighted by Gasteiger charge is -2.21. The molecule has 2 atom stereocenters. The minimum absolute atomic E-state index is 0.353. The molecule has 2 unspecified atom stereocenters. The summed E-state index contributed by atoms with van der Waals surface area (Å²) in [6.07, 6.45) is -0.719. The van der Waals surface area contributed by atoms with Crippen LogP contribution in [0.25, 0.3) is 0 Å². The Bertz CT molecular complexity index is 747. The molecule has 0 aliphatic carbocycles. The third-order valence-corrected chi connectivity index (χ3v) is 3.93. The van der Waals surface area contributed by atoms with Crippen molar-refractivity contribution in [3.05, 3.63) is 47.2 Å². The van der Waals surface area contributed by atoms with Gasteiger partial charge in [0.2, 0.25) is 0 Å². The van der Waals surface area contributed by atoms with Crippen LogP contribution in [0.3, 0.4) is 0 Å². The zero-order chi connectivity index (χ0) is 20.2. The van der Waals surface area contributed by atoms with Crippen LogP contribution in [0, 0.1) is 0 Å². The van der Waals surface area contributed by atoms with Gasteiger partial charge in [-0.1, -0.05) is 30.3 Å². The summed E-state index contributed by atoms with van der Waals surface area (Å²) in [5, 5.41) is 12.7. The second-order valence-corrected chi connectivity index (χ2v) is 7.41. The Kier molecular flexibility index (Phi) is 6.25. The molecular weight excluding hydrogens is 350 g/mol. The van der Waals surface area contributed by atoms with E-state index in [1.165, 1.54) is 6.92 Å². The summed E-state index contributed by atoms with van der Waals surface area (Å²) in [5.41, 5.74) is -0.110. The van der Waals surface area contributed by atoms with E-state index in [9.17, 15) is 19.5 Å². The van der Waals surface area contributed by atoms with E-state index in [0.29, 0.717) is 12.8 Å². The van der Waals surface area contributed by atoms with Crippen LogP contribution in [-0.2, 0) is 25.5 Å². The number of aryl methyl sites for hydroxylation is 1. The van der Waals surface area contributed by atoms with Crippen LogP contribution in [0.4, 0.5) is 4.79 Å². The topological polar surface area (TPSA) is 102 Å². The highest BCUT2D eigenvalue weighted by atomic mass is 16.6. The zero-order valence-corrected chi connectivity index (χ0v) is 15.9. The van der Waals surface area contributed by atoms with Gasteiger partial charge in [-0.2, -0.15) is 0 Å². The minimum atomic E-state index is -1.04. The van der Waals surface area contributed by atoms with Crippen LogP contribution in [0.2, 0.25) is 0 Å². The van der Waals surface area contributed by atoms with Crippen LogP contribution in [0.1, 0.15) is 39.7 Å². The van der Waals surface area contributed by atoms with E-state index < -0.39 is 46.9 Å². The number of amides is 1. The Morgan fingerprint density at radius 3 is 2.48 bits per heavy atom. The SMILES string of the molecule is CC(NC(=O)OC(C)(C)C)C(=O)C1=C(O)C(CCc2ccccc2)OC1=O. The molecule has 0 saturated heterocycles. The Hall–Kier alpha value is -2.83. The standard InChI is InChI=1S/C20H25NO6/c1-12(21-19(25)27-20(2,3)4)16(22)15-17(23)14(26-18(15)24)11-10-13-8-6-5-7-9-13/h5-9,12,14,23H,10-11H2,1-4H3,(H,21,25). The van der Waals surface area contributed by atoms with E-state index in [4.69, 9.17) is 9.47 Å². The lowest BCUT2D eigenvalue weighted by molar-refractivity contribution is -0.141. The fourth-order valence-corrected chi connectivity index (χ4v) is 2.64. The normalized spacial score (nSPS) is 18.1. The van der Waals surface area contributed by atoms with Crippen LogP contribution < -0.4 is 5.32 Å². The van der Waals surface area contributed by atoms with Crippen molar-refractivity contribution in [2.75, 3.05) is 0 Å². The highest BCUT2D eigenvalue weighted by molar-refractivity contribution is 6.21. The number of Topliss-reactive ketones (excluding diaryl/α,β-unsaturated/α-hetero) is 1. The average molecular weight is 375 g/mol. The number of alkyl carbamates (subject to hydrolysis) is 1. The molecule has 146 valence electrons. The molecule has 0 radical (unpaired) electrons.